The number of benzene rings is 3. The van der Waals surface area contributed by atoms with Crippen molar-refractivity contribution in [2.24, 2.45) is 0 Å². The van der Waals surface area contributed by atoms with Gasteiger partial charge in [-0.15, -0.1) is 0 Å². The van der Waals surface area contributed by atoms with Crippen molar-refractivity contribution in [3.05, 3.63) is 89.5 Å². The minimum atomic E-state index is 0.422. The van der Waals surface area contributed by atoms with Crippen LogP contribution < -0.4 is 14.2 Å². The van der Waals surface area contributed by atoms with E-state index in [4.69, 9.17) is 18.9 Å². The molecule has 0 heterocycles. The van der Waals surface area contributed by atoms with E-state index in [0.717, 1.165) is 16.7 Å². The van der Waals surface area contributed by atoms with Crippen LogP contribution in [0.4, 0.5) is 0 Å². The summed E-state index contributed by atoms with van der Waals surface area (Å²) in [6.07, 6.45) is 0. The van der Waals surface area contributed by atoms with Crippen LogP contribution in [0.1, 0.15) is 16.7 Å². The van der Waals surface area contributed by atoms with Gasteiger partial charge in [0.05, 0.1) is 0 Å². The van der Waals surface area contributed by atoms with Crippen molar-refractivity contribution in [3.8, 4) is 17.2 Å². The van der Waals surface area contributed by atoms with Crippen molar-refractivity contribution in [3.63, 3.8) is 0 Å². The summed E-state index contributed by atoms with van der Waals surface area (Å²) in [7, 11) is 3.22. The monoisotopic (exact) mass is 414 g/mol. The Morgan fingerprint density at radius 1 is 0.786 bits per heavy atom. The number of methoxy groups -OCH3 is 2. The topological polar surface area (TPSA) is 36.9 Å². The zero-order chi connectivity index (χ0) is 19.8. The first-order chi connectivity index (χ1) is 13.7. The summed E-state index contributed by atoms with van der Waals surface area (Å²) >= 11 is 2.94. The Morgan fingerprint density at radius 2 is 1.36 bits per heavy atom. The molecule has 0 unspecified atom stereocenters. The van der Waals surface area contributed by atoms with E-state index in [1.54, 1.807) is 14.2 Å². The maximum absolute atomic E-state index is 6.08. The molecule has 28 heavy (non-hydrogen) atoms. The molecular weight excluding hydrogens is 392 g/mol. The average Bonchev–Trinajstić information content (AvgIpc) is 2.76. The summed E-state index contributed by atoms with van der Waals surface area (Å²) in [6.45, 7) is 0.884. The summed E-state index contributed by atoms with van der Waals surface area (Å²) < 4.78 is 23.6. The zero-order valence-corrected chi connectivity index (χ0v) is 17.2. The Hall–Kier alpha value is -2.58. The number of hydrogen-bond acceptors (Lipinski definition) is 4. The SMILES string of the molecule is CO[C](=[Cr])c1cc(OCc2ccccc2)cc(OC)c1OCc1ccccc1. The van der Waals surface area contributed by atoms with Crippen LogP contribution in [0.15, 0.2) is 72.8 Å². The molecule has 4 nitrogen and oxygen atoms in total. The molecule has 3 aromatic rings. The third-order valence-electron chi connectivity index (χ3n) is 4.13. The van der Waals surface area contributed by atoms with Gasteiger partial charge in [-0.05, 0) is 0 Å². The number of ether oxygens (including phenoxy) is 4. The van der Waals surface area contributed by atoms with Crippen LogP contribution in [0, 0.1) is 0 Å². The summed E-state index contributed by atoms with van der Waals surface area (Å²) in [4.78, 5) is 0. The van der Waals surface area contributed by atoms with Gasteiger partial charge in [-0.2, -0.15) is 0 Å². The normalized spacial score (nSPS) is 10.4. The van der Waals surface area contributed by atoms with Gasteiger partial charge in [-0.3, -0.25) is 0 Å². The van der Waals surface area contributed by atoms with E-state index in [2.05, 4.69) is 15.9 Å². The average molecular weight is 414 g/mol. The molecule has 0 aliphatic rings. The summed E-state index contributed by atoms with van der Waals surface area (Å²) in [5, 5.41) is 0. The molecular formula is C23H22CrO4. The predicted octanol–water partition coefficient (Wildman–Crippen LogP) is 4.52. The van der Waals surface area contributed by atoms with Crippen LogP contribution in [-0.4, -0.2) is 18.8 Å². The molecule has 3 rings (SSSR count). The first-order valence-electron chi connectivity index (χ1n) is 8.85. The summed E-state index contributed by atoms with van der Waals surface area (Å²) in [5.41, 5.74) is 2.91. The second-order valence-corrected chi connectivity index (χ2v) is 6.62. The molecule has 5 heteroatoms. The molecule has 0 N–H and O–H groups in total. The van der Waals surface area contributed by atoms with E-state index in [1.165, 1.54) is 0 Å². The molecule has 0 radical (unpaired) electrons. The van der Waals surface area contributed by atoms with E-state index in [9.17, 15) is 0 Å². The molecule has 0 bridgehead atoms. The Labute approximate surface area is 173 Å². The molecule has 0 aromatic heterocycles. The summed E-state index contributed by atoms with van der Waals surface area (Å²) in [5.74, 6) is 1.86. The van der Waals surface area contributed by atoms with Crippen LogP contribution >= 0.6 is 0 Å². The van der Waals surface area contributed by atoms with Gasteiger partial charge in [-0.25, -0.2) is 0 Å². The van der Waals surface area contributed by atoms with Gasteiger partial charge in [0.2, 0.25) is 0 Å². The first kappa shape index (κ1) is 20.2. The van der Waals surface area contributed by atoms with E-state index in [-0.39, 0.29) is 0 Å². The van der Waals surface area contributed by atoms with Gasteiger partial charge in [0.15, 0.2) is 0 Å². The van der Waals surface area contributed by atoms with E-state index >= 15 is 0 Å². The van der Waals surface area contributed by atoms with Crippen LogP contribution in [-0.2, 0) is 33.8 Å². The quantitative estimate of drug-likeness (QED) is 0.516. The van der Waals surface area contributed by atoms with Crippen LogP contribution in [0.2, 0.25) is 0 Å². The first-order valence-corrected chi connectivity index (χ1v) is 9.49. The van der Waals surface area contributed by atoms with Crippen molar-refractivity contribution in [2.75, 3.05) is 14.2 Å². The number of hydrogen-bond donors (Lipinski definition) is 0. The van der Waals surface area contributed by atoms with Crippen LogP contribution in [0.25, 0.3) is 0 Å². The fourth-order valence-corrected chi connectivity index (χ4v) is 2.93. The van der Waals surface area contributed by atoms with Crippen LogP contribution in [0.5, 0.6) is 17.2 Å². The predicted molar refractivity (Wildman–Crippen MR) is 106 cm³/mol. The van der Waals surface area contributed by atoms with Crippen molar-refractivity contribution < 1.29 is 34.8 Å². The third-order valence-corrected chi connectivity index (χ3v) is 4.73. The molecule has 144 valence electrons. The summed E-state index contributed by atoms with van der Waals surface area (Å²) in [6, 6.07) is 23.7. The standard InChI is InChI=1S/C23H22O4.Cr/c1-24-17-20-13-21(26-15-18-9-5-3-6-10-18)14-22(25-2)23(20)27-16-19-11-7-4-8-12-19;/h3-14H,15-16H2,1-2H3;. The second-order valence-electron chi connectivity index (χ2n) is 6.04. The van der Waals surface area contributed by atoms with E-state index < -0.39 is 0 Å². The fourth-order valence-electron chi connectivity index (χ4n) is 2.69. The van der Waals surface area contributed by atoms with Crippen molar-refractivity contribution in [1.29, 1.82) is 0 Å². The molecule has 0 aliphatic carbocycles. The van der Waals surface area contributed by atoms with Crippen molar-refractivity contribution >= 4 is 4.57 Å². The second kappa shape index (κ2) is 10.1. The molecule has 0 spiro atoms. The molecule has 0 fully saturated rings. The minimum absolute atomic E-state index is 0.422. The molecule has 0 amide bonds. The fraction of sp³-hybridized carbons (Fsp3) is 0.174. The molecule has 0 saturated carbocycles. The van der Waals surface area contributed by atoms with Crippen LogP contribution in [0.3, 0.4) is 0 Å². The third kappa shape index (κ3) is 5.24. The van der Waals surface area contributed by atoms with Gasteiger partial charge in [0.25, 0.3) is 0 Å². The molecule has 0 aliphatic heterocycles. The zero-order valence-electron chi connectivity index (χ0n) is 15.9. The molecule has 0 saturated heterocycles. The van der Waals surface area contributed by atoms with E-state index in [1.807, 2.05) is 72.8 Å². The van der Waals surface area contributed by atoms with E-state index in [0.29, 0.717) is 35.0 Å². The van der Waals surface area contributed by atoms with Gasteiger partial charge in [-0.1, -0.05) is 0 Å². The molecule has 0 atom stereocenters. The number of rotatable bonds is 9. The maximum atomic E-state index is 6.08. The molecule has 3 aromatic carbocycles. The van der Waals surface area contributed by atoms with Gasteiger partial charge in [0.1, 0.15) is 0 Å². The Balaban J connectivity index is 1.86. The Bertz CT molecular complexity index is 911. The van der Waals surface area contributed by atoms with Crippen molar-refractivity contribution in [1.82, 2.24) is 0 Å². The Morgan fingerprint density at radius 3 is 1.89 bits per heavy atom. The van der Waals surface area contributed by atoms with Gasteiger partial charge in [0, 0.05) is 0 Å². The Kier molecular flexibility index (Phi) is 7.27. The van der Waals surface area contributed by atoms with Gasteiger partial charge < -0.3 is 0 Å². The van der Waals surface area contributed by atoms with Gasteiger partial charge >= 0.3 is 174 Å². The van der Waals surface area contributed by atoms with Crippen molar-refractivity contribution in [2.45, 2.75) is 13.2 Å².